The summed E-state index contributed by atoms with van der Waals surface area (Å²) in [7, 11) is 0. The Balaban J connectivity index is 3.36. The Kier molecular flexibility index (Phi) is 65.4. The summed E-state index contributed by atoms with van der Waals surface area (Å²) in [5, 5.41) is 23.3. The molecule has 77 heavy (non-hydrogen) atoms. The maximum atomic E-state index is 12.5. The van der Waals surface area contributed by atoms with Crippen molar-refractivity contribution in [2.75, 3.05) is 13.2 Å². The molecule has 0 aliphatic heterocycles. The summed E-state index contributed by atoms with van der Waals surface area (Å²) in [6.07, 6.45) is 83.6. The monoisotopic (exact) mass is 1080 g/mol. The number of unbranched alkanes of at least 4 members (excludes halogenated alkanes) is 51. The number of carbonyl (C=O) groups excluding carboxylic acids is 2. The molecule has 0 aromatic rings. The lowest BCUT2D eigenvalue weighted by atomic mass is 10.0. The minimum absolute atomic E-state index is 0.0147. The second-order valence-electron chi connectivity index (χ2n) is 24.2. The first-order chi connectivity index (χ1) is 38.0. The number of hydrogen-bond donors (Lipinski definition) is 3. The van der Waals surface area contributed by atoms with Crippen LogP contribution in [0.5, 0.6) is 0 Å². The number of amides is 1. The first kappa shape index (κ1) is 75.3. The van der Waals surface area contributed by atoms with Gasteiger partial charge in [0.2, 0.25) is 5.91 Å². The van der Waals surface area contributed by atoms with Gasteiger partial charge in [0, 0.05) is 12.8 Å². The molecule has 0 aliphatic rings. The lowest BCUT2D eigenvalue weighted by Crippen LogP contribution is -2.45. The normalized spacial score (nSPS) is 12.6. The third kappa shape index (κ3) is 63.4. The average molecular weight is 1080 g/mol. The minimum Gasteiger partial charge on any atom is -0.466 e. The predicted molar refractivity (Wildman–Crippen MR) is 338 cm³/mol. The van der Waals surface area contributed by atoms with E-state index in [9.17, 15) is 19.8 Å². The van der Waals surface area contributed by atoms with Crippen molar-refractivity contribution in [3.05, 3.63) is 24.3 Å². The number of hydrogen-bond acceptors (Lipinski definition) is 5. The number of rotatable bonds is 66. The Morgan fingerprint density at radius 2 is 0.610 bits per heavy atom. The second kappa shape index (κ2) is 66.8. The lowest BCUT2D eigenvalue weighted by molar-refractivity contribution is -0.143. The van der Waals surface area contributed by atoms with Crippen LogP contribution in [0.2, 0.25) is 0 Å². The zero-order valence-electron chi connectivity index (χ0n) is 52.2. The molecule has 6 nitrogen and oxygen atoms in total. The van der Waals surface area contributed by atoms with Gasteiger partial charge in [-0.05, 0) is 77.0 Å². The molecule has 0 saturated carbocycles. The summed E-state index contributed by atoms with van der Waals surface area (Å²) in [6.45, 7) is 4.98. The van der Waals surface area contributed by atoms with Crippen molar-refractivity contribution in [2.24, 2.45) is 0 Å². The maximum absolute atomic E-state index is 12.5. The van der Waals surface area contributed by atoms with Crippen LogP contribution in [-0.4, -0.2) is 47.4 Å². The van der Waals surface area contributed by atoms with Gasteiger partial charge < -0.3 is 20.3 Å². The molecule has 6 heteroatoms. The molecule has 0 aromatic heterocycles. The van der Waals surface area contributed by atoms with Gasteiger partial charge in [-0.15, -0.1) is 0 Å². The van der Waals surface area contributed by atoms with Crippen LogP contribution in [0, 0.1) is 0 Å². The largest absolute Gasteiger partial charge is 0.466 e. The molecule has 456 valence electrons. The summed E-state index contributed by atoms with van der Waals surface area (Å²) in [5.74, 6) is -0.0195. The van der Waals surface area contributed by atoms with Crippen molar-refractivity contribution >= 4 is 11.9 Å². The van der Waals surface area contributed by atoms with Gasteiger partial charge in [-0.2, -0.15) is 0 Å². The van der Waals surface area contributed by atoms with Crippen LogP contribution in [0.1, 0.15) is 393 Å². The number of nitrogens with one attached hydrogen (secondary N) is 1. The van der Waals surface area contributed by atoms with Crippen molar-refractivity contribution in [1.29, 1.82) is 0 Å². The van der Waals surface area contributed by atoms with E-state index in [1.807, 2.05) is 0 Å². The number of allylic oxidation sites excluding steroid dienone is 4. The second-order valence-corrected chi connectivity index (χ2v) is 24.2. The fraction of sp³-hybridized carbons (Fsp3) is 0.915. The molecule has 2 atom stereocenters. The van der Waals surface area contributed by atoms with E-state index in [1.165, 1.54) is 321 Å². The minimum atomic E-state index is -0.665. The summed E-state index contributed by atoms with van der Waals surface area (Å²) >= 11 is 0. The number of ether oxygens (including phenoxy) is 1. The average Bonchev–Trinajstić information content (AvgIpc) is 3.43. The topological polar surface area (TPSA) is 95.9 Å². The Bertz CT molecular complexity index is 1200. The molecule has 0 aromatic carbocycles. The standard InChI is InChI=1S/C71H137NO5/c1-3-5-7-9-11-13-15-17-19-20-29-33-37-41-45-49-53-57-61-65-71(76)77-66-62-58-54-50-46-42-38-34-31-28-26-24-22-21-23-25-27-30-32-36-40-44-48-52-56-60-64-70(75)72-68(67-73)69(74)63-59-55-51-47-43-39-35-18-16-14-12-10-8-6-4-2/h17,19,21,23,68-69,73-74H,3-16,18,20,22,24-67H2,1-2H3,(H,72,75)/b19-17-,23-21-. The highest BCUT2D eigenvalue weighted by atomic mass is 16.5. The van der Waals surface area contributed by atoms with Gasteiger partial charge in [0.25, 0.3) is 0 Å². The summed E-state index contributed by atoms with van der Waals surface area (Å²) in [6, 6.07) is -0.542. The highest BCUT2D eigenvalue weighted by Gasteiger charge is 2.20. The molecule has 0 spiro atoms. The van der Waals surface area contributed by atoms with Crippen LogP contribution in [0.25, 0.3) is 0 Å². The van der Waals surface area contributed by atoms with Crippen LogP contribution in [0.4, 0.5) is 0 Å². The van der Waals surface area contributed by atoms with E-state index in [0.717, 1.165) is 38.5 Å². The highest BCUT2D eigenvalue weighted by Crippen LogP contribution is 2.18. The van der Waals surface area contributed by atoms with Crippen molar-refractivity contribution in [3.63, 3.8) is 0 Å². The van der Waals surface area contributed by atoms with Crippen LogP contribution in [0.15, 0.2) is 24.3 Å². The third-order valence-corrected chi connectivity index (χ3v) is 16.5. The number of aliphatic hydroxyl groups is 2. The van der Waals surface area contributed by atoms with E-state index in [2.05, 4.69) is 43.5 Å². The Hall–Kier alpha value is -1.66. The highest BCUT2D eigenvalue weighted by molar-refractivity contribution is 5.76. The molecule has 0 bridgehead atoms. The first-order valence-electron chi connectivity index (χ1n) is 35.1. The van der Waals surface area contributed by atoms with Crippen LogP contribution in [-0.2, 0) is 14.3 Å². The Labute approximate surface area is 481 Å². The van der Waals surface area contributed by atoms with Crippen LogP contribution < -0.4 is 5.32 Å². The van der Waals surface area contributed by atoms with Crippen molar-refractivity contribution in [1.82, 2.24) is 5.32 Å². The maximum Gasteiger partial charge on any atom is 0.305 e. The van der Waals surface area contributed by atoms with Gasteiger partial charge in [0.1, 0.15) is 0 Å². The van der Waals surface area contributed by atoms with Gasteiger partial charge in [0.15, 0.2) is 0 Å². The third-order valence-electron chi connectivity index (χ3n) is 16.5. The van der Waals surface area contributed by atoms with Crippen molar-refractivity contribution < 1.29 is 24.5 Å². The Morgan fingerprint density at radius 3 is 0.922 bits per heavy atom. The number of esters is 1. The van der Waals surface area contributed by atoms with Gasteiger partial charge in [-0.3, -0.25) is 9.59 Å². The quantitative estimate of drug-likeness (QED) is 0.0320. The van der Waals surface area contributed by atoms with E-state index < -0.39 is 12.1 Å². The van der Waals surface area contributed by atoms with E-state index in [1.54, 1.807) is 0 Å². The van der Waals surface area contributed by atoms with Gasteiger partial charge >= 0.3 is 5.97 Å². The van der Waals surface area contributed by atoms with Crippen molar-refractivity contribution in [2.45, 2.75) is 405 Å². The van der Waals surface area contributed by atoms with E-state index in [4.69, 9.17) is 4.74 Å². The molecule has 0 fully saturated rings. The molecular weight excluding hydrogens is 947 g/mol. The fourth-order valence-electron chi connectivity index (χ4n) is 11.1. The Morgan fingerprint density at radius 1 is 0.351 bits per heavy atom. The molecular formula is C71H137NO5. The SMILES string of the molecule is CCCCCCCC/C=C\CCCCCCCCCCCC(=O)OCCCCCCCCCCCCCC/C=C\CCCCCCCCCCCCC(=O)NC(CO)C(O)CCCCCCCCCCCCCCCCC. The molecule has 0 radical (unpaired) electrons. The zero-order valence-corrected chi connectivity index (χ0v) is 52.2. The van der Waals surface area contributed by atoms with Gasteiger partial charge in [0.05, 0.1) is 25.4 Å². The summed E-state index contributed by atoms with van der Waals surface area (Å²) in [4.78, 5) is 24.6. The summed E-state index contributed by atoms with van der Waals surface area (Å²) < 4.78 is 5.51. The van der Waals surface area contributed by atoms with Crippen LogP contribution >= 0.6 is 0 Å². The molecule has 0 heterocycles. The fourth-order valence-corrected chi connectivity index (χ4v) is 11.1. The first-order valence-corrected chi connectivity index (χ1v) is 35.1. The van der Waals surface area contributed by atoms with Crippen LogP contribution in [0.3, 0.4) is 0 Å². The van der Waals surface area contributed by atoms with Gasteiger partial charge in [-0.25, -0.2) is 0 Å². The summed E-state index contributed by atoms with van der Waals surface area (Å²) in [5.41, 5.74) is 0. The molecule has 0 saturated heterocycles. The molecule has 0 rings (SSSR count). The van der Waals surface area contributed by atoms with Crippen molar-refractivity contribution in [3.8, 4) is 0 Å². The van der Waals surface area contributed by atoms with E-state index >= 15 is 0 Å². The smallest absolute Gasteiger partial charge is 0.305 e. The van der Waals surface area contributed by atoms with Gasteiger partial charge in [-0.1, -0.05) is 327 Å². The lowest BCUT2D eigenvalue weighted by Gasteiger charge is -2.22. The predicted octanol–water partition coefficient (Wildman–Crippen LogP) is 22.5. The molecule has 2 unspecified atom stereocenters. The number of aliphatic hydroxyl groups excluding tert-OH is 2. The van der Waals surface area contributed by atoms with E-state index in [0.29, 0.717) is 25.9 Å². The molecule has 0 aliphatic carbocycles. The zero-order chi connectivity index (χ0) is 55.7. The van der Waals surface area contributed by atoms with E-state index in [-0.39, 0.29) is 18.5 Å². The number of carbonyl (C=O) groups is 2. The molecule has 3 N–H and O–H groups in total. The molecule has 1 amide bonds.